The first-order chi connectivity index (χ1) is 10.1. The van der Waals surface area contributed by atoms with Crippen LogP contribution in [0.3, 0.4) is 0 Å². The fourth-order valence-electron chi connectivity index (χ4n) is 2.99. The molecule has 6 nitrogen and oxygen atoms in total. The SMILES string of the molecule is Cc1cc(C(=O)N[C@@H]2CN(S(C)(=O)=O)C[C@H]2C(C)C)c(C)o1. The second-order valence-electron chi connectivity index (χ2n) is 6.39. The van der Waals surface area contributed by atoms with Gasteiger partial charge in [-0.25, -0.2) is 8.42 Å². The summed E-state index contributed by atoms with van der Waals surface area (Å²) in [4.78, 5) is 12.4. The van der Waals surface area contributed by atoms with Crippen LogP contribution in [-0.2, 0) is 10.0 Å². The van der Waals surface area contributed by atoms with Crippen LogP contribution in [0.25, 0.3) is 0 Å². The molecule has 0 aromatic carbocycles. The molecule has 1 aromatic rings. The molecule has 0 aliphatic carbocycles. The van der Waals surface area contributed by atoms with Crippen molar-refractivity contribution >= 4 is 15.9 Å². The Morgan fingerprint density at radius 3 is 2.45 bits per heavy atom. The summed E-state index contributed by atoms with van der Waals surface area (Å²) in [6, 6.07) is 1.52. The lowest BCUT2D eigenvalue weighted by Gasteiger charge is -2.22. The van der Waals surface area contributed by atoms with E-state index in [1.807, 2.05) is 13.8 Å². The highest BCUT2D eigenvalue weighted by Gasteiger charge is 2.39. The number of nitrogens with one attached hydrogen (secondary N) is 1. The smallest absolute Gasteiger partial charge is 0.255 e. The van der Waals surface area contributed by atoms with Gasteiger partial charge in [0.1, 0.15) is 11.5 Å². The van der Waals surface area contributed by atoms with Crippen LogP contribution in [0.4, 0.5) is 0 Å². The van der Waals surface area contributed by atoms with Crippen molar-refractivity contribution in [1.82, 2.24) is 9.62 Å². The van der Waals surface area contributed by atoms with E-state index in [0.29, 0.717) is 30.2 Å². The molecule has 0 saturated carbocycles. The lowest BCUT2D eigenvalue weighted by molar-refractivity contribution is 0.0924. The quantitative estimate of drug-likeness (QED) is 0.909. The molecule has 0 bridgehead atoms. The molecule has 1 saturated heterocycles. The van der Waals surface area contributed by atoms with E-state index in [1.165, 1.54) is 10.6 Å². The Balaban J connectivity index is 2.16. The third kappa shape index (κ3) is 3.52. The van der Waals surface area contributed by atoms with Crippen molar-refractivity contribution in [2.24, 2.45) is 11.8 Å². The predicted molar refractivity (Wildman–Crippen MR) is 84.2 cm³/mol. The molecule has 0 unspecified atom stereocenters. The van der Waals surface area contributed by atoms with E-state index in [-0.39, 0.29) is 23.8 Å². The second kappa shape index (κ2) is 6.04. The summed E-state index contributed by atoms with van der Waals surface area (Å²) in [6.45, 7) is 8.40. The summed E-state index contributed by atoms with van der Waals surface area (Å²) in [5.74, 6) is 1.44. The maximum atomic E-state index is 12.4. The van der Waals surface area contributed by atoms with Crippen molar-refractivity contribution < 1.29 is 17.6 Å². The van der Waals surface area contributed by atoms with Crippen LogP contribution >= 0.6 is 0 Å². The normalized spacial score (nSPS) is 23.2. The van der Waals surface area contributed by atoms with Gasteiger partial charge in [-0.05, 0) is 31.7 Å². The van der Waals surface area contributed by atoms with Crippen LogP contribution in [0.15, 0.2) is 10.5 Å². The molecule has 2 heterocycles. The zero-order chi connectivity index (χ0) is 16.7. The molecule has 2 atom stereocenters. The number of nitrogens with zero attached hydrogens (tertiary/aromatic N) is 1. The molecule has 0 spiro atoms. The van der Waals surface area contributed by atoms with Crippen LogP contribution in [-0.4, -0.2) is 44.0 Å². The number of carbonyl (C=O) groups excluding carboxylic acids is 1. The van der Waals surface area contributed by atoms with Gasteiger partial charge < -0.3 is 9.73 Å². The monoisotopic (exact) mass is 328 g/mol. The van der Waals surface area contributed by atoms with Gasteiger partial charge in [0.2, 0.25) is 10.0 Å². The van der Waals surface area contributed by atoms with E-state index in [2.05, 4.69) is 5.32 Å². The minimum absolute atomic E-state index is 0.104. The highest BCUT2D eigenvalue weighted by atomic mass is 32.2. The Kier molecular flexibility index (Phi) is 4.67. The molecule has 1 fully saturated rings. The number of sulfonamides is 1. The fourth-order valence-corrected chi connectivity index (χ4v) is 3.87. The topological polar surface area (TPSA) is 79.6 Å². The van der Waals surface area contributed by atoms with E-state index in [9.17, 15) is 13.2 Å². The van der Waals surface area contributed by atoms with Crippen LogP contribution in [0.2, 0.25) is 0 Å². The van der Waals surface area contributed by atoms with Crippen molar-refractivity contribution in [2.45, 2.75) is 33.7 Å². The van der Waals surface area contributed by atoms with Gasteiger partial charge in [0.25, 0.3) is 5.91 Å². The molecule has 1 N–H and O–H groups in total. The van der Waals surface area contributed by atoms with E-state index >= 15 is 0 Å². The van der Waals surface area contributed by atoms with Gasteiger partial charge in [0, 0.05) is 19.1 Å². The van der Waals surface area contributed by atoms with Crippen molar-refractivity contribution in [1.29, 1.82) is 0 Å². The predicted octanol–water partition coefficient (Wildman–Crippen LogP) is 1.54. The number of hydrogen-bond acceptors (Lipinski definition) is 4. The minimum Gasteiger partial charge on any atom is -0.466 e. The van der Waals surface area contributed by atoms with Gasteiger partial charge in [0.15, 0.2) is 0 Å². The average Bonchev–Trinajstić information content (AvgIpc) is 2.92. The van der Waals surface area contributed by atoms with Crippen molar-refractivity contribution in [3.8, 4) is 0 Å². The second-order valence-corrected chi connectivity index (χ2v) is 8.38. The Hall–Kier alpha value is -1.34. The first-order valence-corrected chi connectivity index (χ1v) is 9.27. The number of hydrogen-bond donors (Lipinski definition) is 1. The summed E-state index contributed by atoms with van der Waals surface area (Å²) in [6.07, 6.45) is 1.21. The summed E-state index contributed by atoms with van der Waals surface area (Å²) in [5.41, 5.74) is 0.512. The van der Waals surface area contributed by atoms with Crippen LogP contribution in [0, 0.1) is 25.7 Å². The Morgan fingerprint density at radius 1 is 1.36 bits per heavy atom. The first kappa shape index (κ1) is 17.0. The van der Waals surface area contributed by atoms with Crippen LogP contribution in [0.1, 0.15) is 35.7 Å². The van der Waals surface area contributed by atoms with Crippen LogP contribution in [0.5, 0.6) is 0 Å². The molecular formula is C15H24N2O4S. The van der Waals surface area contributed by atoms with Gasteiger partial charge in [-0.3, -0.25) is 4.79 Å². The molecule has 7 heteroatoms. The molecule has 1 aromatic heterocycles. The summed E-state index contributed by atoms with van der Waals surface area (Å²) in [7, 11) is -3.24. The third-order valence-electron chi connectivity index (χ3n) is 4.26. The van der Waals surface area contributed by atoms with Crippen molar-refractivity contribution in [3.63, 3.8) is 0 Å². The lowest BCUT2D eigenvalue weighted by Crippen LogP contribution is -2.42. The fraction of sp³-hybridized carbons (Fsp3) is 0.667. The van der Waals surface area contributed by atoms with Gasteiger partial charge in [-0.1, -0.05) is 13.8 Å². The Morgan fingerprint density at radius 2 is 2.00 bits per heavy atom. The number of furan rings is 1. The van der Waals surface area contributed by atoms with E-state index in [0.717, 1.165) is 0 Å². The largest absolute Gasteiger partial charge is 0.466 e. The molecule has 124 valence electrons. The summed E-state index contributed by atoms with van der Waals surface area (Å²) < 4.78 is 30.3. The summed E-state index contributed by atoms with van der Waals surface area (Å²) >= 11 is 0. The van der Waals surface area contributed by atoms with E-state index in [4.69, 9.17) is 4.42 Å². The Bertz CT molecular complexity index is 663. The number of amides is 1. The number of aryl methyl sites for hydroxylation is 2. The van der Waals surface area contributed by atoms with Gasteiger partial charge in [0.05, 0.1) is 11.8 Å². The zero-order valence-electron chi connectivity index (χ0n) is 13.7. The van der Waals surface area contributed by atoms with E-state index < -0.39 is 10.0 Å². The highest BCUT2D eigenvalue weighted by molar-refractivity contribution is 7.88. The molecule has 22 heavy (non-hydrogen) atoms. The van der Waals surface area contributed by atoms with Crippen molar-refractivity contribution in [3.05, 3.63) is 23.2 Å². The zero-order valence-corrected chi connectivity index (χ0v) is 14.5. The maximum Gasteiger partial charge on any atom is 0.255 e. The molecular weight excluding hydrogens is 304 g/mol. The molecule has 1 amide bonds. The molecule has 1 aliphatic heterocycles. The van der Waals surface area contributed by atoms with E-state index in [1.54, 1.807) is 19.9 Å². The molecule has 0 radical (unpaired) electrons. The van der Waals surface area contributed by atoms with Gasteiger partial charge in [-0.15, -0.1) is 0 Å². The van der Waals surface area contributed by atoms with Gasteiger partial charge >= 0.3 is 0 Å². The minimum atomic E-state index is -3.24. The number of carbonyl (C=O) groups is 1. The van der Waals surface area contributed by atoms with Crippen LogP contribution < -0.4 is 5.32 Å². The number of rotatable bonds is 4. The molecule has 1 aliphatic rings. The molecule has 2 rings (SSSR count). The first-order valence-electron chi connectivity index (χ1n) is 7.42. The van der Waals surface area contributed by atoms with Gasteiger partial charge in [-0.2, -0.15) is 4.31 Å². The van der Waals surface area contributed by atoms with Crippen molar-refractivity contribution in [2.75, 3.05) is 19.3 Å². The lowest BCUT2D eigenvalue weighted by atomic mass is 9.91. The highest BCUT2D eigenvalue weighted by Crippen LogP contribution is 2.26. The maximum absolute atomic E-state index is 12.4. The summed E-state index contributed by atoms with van der Waals surface area (Å²) in [5, 5.41) is 2.98. The average molecular weight is 328 g/mol. The third-order valence-corrected chi connectivity index (χ3v) is 5.50. The Labute approximate surface area is 131 Å². The standard InChI is InChI=1S/C15H24N2O4S/c1-9(2)13-7-17(22(5,19)20)8-14(13)16-15(18)12-6-10(3)21-11(12)4/h6,9,13-14H,7-8H2,1-5H3,(H,16,18)/t13-,14+/m0/s1.